The molecule has 2 aliphatic heterocycles. The second-order valence-electron chi connectivity index (χ2n) is 9.35. The monoisotopic (exact) mass is 499 g/mol. The molecule has 1 atom stereocenters. The first kappa shape index (κ1) is 25.2. The lowest BCUT2D eigenvalue weighted by molar-refractivity contribution is -0.125. The Morgan fingerprint density at radius 3 is 2.54 bits per heavy atom. The van der Waals surface area contributed by atoms with Crippen molar-refractivity contribution < 1.29 is 22.7 Å². The van der Waals surface area contributed by atoms with E-state index in [1.165, 1.54) is 21.3 Å². The third-order valence-corrected chi connectivity index (χ3v) is 8.63. The second-order valence-corrected chi connectivity index (χ2v) is 11.3. The normalized spacial score (nSPS) is 18.0. The molecular formula is C26H33N3O5S. The number of amides is 2. The van der Waals surface area contributed by atoms with Crippen molar-refractivity contribution >= 4 is 27.5 Å². The molecule has 1 unspecified atom stereocenters. The average Bonchev–Trinajstić information content (AvgIpc) is 2.86. The summed E-state index contributed by atoms with van der Waals surface area (Å²) in [6, 6.07) is 14.4. The fourth-order valence-corrected chi connectivity index (χ4v) is 5.99. The van der Waals surface area contributed by atoms with Gasteiger partial charge in [-0.2, -0.15) is 4.31 Å². The molecule has 1 fully saturated rings. The van der Waals surface area contributed by atoms with E-state index in [1.807, 2.05) is 37.3 Å². The summed E-state index contributed by atoms with van der Waals surface area (Å²) in [7, 11) is -3.71. The molecule has 0 aromatic heterocycles. The summed E-state index contributed by atoms with van der Waals surface area (Å²) >= 11 is 0. The largest absolute Gasteiger partial charge is 0.482 e. The smallest absolute Gasteiger partial charge is 0.265 e. The Morgan fingerprint density at radius 2 is 1.86 bits per heavy atom. The van der Waals surface area contributed by atoms with Crippen LogP contribution in [0.2, 0.25) is 0 Å². The van der Waals surface area contributed by atoms with Crippen molar-refractivity contribution in [2.24, 2.45) is 5.92 Å². The molecule has 0 aliphatic carbocycles. The summed E-state index contributed by atoms with van der Waals surface area (Å²) in [5.74, 6) is 0.205. The summed E-state index contributed by atoms with van der Waals surface area (Å²) in [6.45, 7) is 4.67. The standard InChI is InChI=1S/C26H33N3O5S/c1-3-21(15-20-7-5-4-6-8-20)27-25(30)17-29-23-16-22(9-10-24(23)34-18-26(29)31)35(32,33)28-13-11-19(2)12-14-28/h4-10,16,19,21H,3,11-15,17-18H2,1-2H3,(H,27,30). The number of benzene rings is 2. The highest BCUT2D eigenvalue weighted by atomic mass is 32.2. The number of anilines is 1. The van der Waals surface area contributed by atoms with Crippen LogP contribution in [-0.2, 0) is 26.0 Å². The van der Waals surface area contributed by atoms with Gasteiger partial charge < -0.3 is 10.1 Å². The predicted molar refractivity (Wildman–Crippen MR) is 134 cm³/mol. The molecule has 4 rings (SSSR count). The van der Waals surface area contributed by atoms with Gasteiger partial charge in [-0.05, 0) is 55.4 Å². The lowest BCUT2D eigenvalue weighted by atomic mass is 10.0. The number of rotatable bonds is 8. The molecule has 35 heavy (non-hydrogen) atoms. The van der Waals surface area contributed by atoms with Gasteiger partial charge in [0, 0.05) is 19.1 Å². The Labute approximate surface area is 207 Å². The molecule has 0 radical (unpaired) electrons. The summed E-state index contributed by atoms with van der Waals surface area (Å²) in [6.07, 6.45) is 3.07. The van der Waals surface area contributed by atoms with Crippen molar-refractivity contribution in [3.05, 3.63) is 54.1 Å². The number of nitrogens with zero attached hydrogens (tertiary/aromatic N) is 2. The second kappa shape index (κ2) is 10.8. The molecule has 9 heteroatoms. The van der Waals surface area contributed by atoms with Gasteiger partial charge in [-0.25, -0.2) is 8.42 Å². The third kappa shape index (κ3) is 5.85. The highest BCUT2D eigenvalue weighted by Crippen LogP contribution is 2.35. The summed E-state index contributed by atoms with van der Waals surface area (Å²) in [4.78, 5) is 27.0. The van der Waals surface area contributed by atoms with E-state index in [2.05, 4.69) is 12.2 Å². The number of fused-ring (bicyclic) bond motifs is 1. The first-order valence-corrected chi connectivity index (χ1v) is 13.6. The van der Waals surface area contributed by atoms with Crippen LogP contribution in [0, 0.1) is 5.92 Å². The first-order chi connectivity index (χ1) is 16.8. The van der Waals surface area contributed by atoms with Gasteiger partial charge in [0.2, 0.25) is 15.9 Å². The van der Waals surface area contributed by atoms with E-state index in [9.17, 15) is 18.0 Å². The Morgan fingerprint density at radius 1 is 1.14 bits per heavy atom. The van der Waals surface area contributed by atoms with Crippen molar-refractivity contribution in [1.29, 1.82) is 0 Å². The molecule has 0 saturated carbocycles. The maximum absolute atomic E-state index is 13.3. The molecule has 1 N–H and O–H groups in total. The van der Waals surface area contributed by atoms with Crippen molar-refractivity contribution in [2.45, 2.75) is 50.5 Å². The highest BCUT2D eigenvalue weighted by molar-refractivity contribution is 7.89. The number of hydrogen-bond donors (Lipinski definition) is 1. The van der Waals surface area contributed by atoms with E-state index in [0.29, 0.717) is 36.9 Å². The lowest BCUT2D eigenvalue weighted by Crippen LogP contribution is -2.47. The maximum atomic E-state index is 13.3. The molecular weight excluding hydrogens is 466 g/mol. The van der Waals surface area contributed by atoms with E-state index in [1.54, 1.807) is 6.07 Å². The Bertz CT molecular complexity index is 1160. The number of carbonyl (C=O) groups is 2. The molecule has 2 aromatic carbocycles. The molecule has 2 aliphatic rings. The van der Waals surface area contributed by atoms with Crippen LogP contribution < -0.4 is 15.0 Å². The van der Waals surface area contributed by atoms with Crippen molar-refractivity contribution in [3.8, 4) is 5.75 Å². The van der Waals surface area contributed by atoms with Crippen LogP contribution in [0.5, 0.6) is 5.75 Å². The van der Waals surface area contributed by atoms with Crippen LogP contribution in [0.25, 0.3) is 0 Å². The van der Waals surface area contributed by atoms with Gasteiger partial charge >= 0.3 is 0 Å². The number of nitrogens with one attached hydrogen (secondary N) is 1. The van der Waals surface area contributed by atoms with Crippen molar-refractivity contribution in [1.82, 2.24) is 9.62 Å². The fourth-order valence-electron chi connectivity index (χ4n) is 4.50. The first-order valence-electron chi connectivity index (χ1n) is 12.2. The van der Waals surface area contributed by atoms with Crippen LogP contribution in [0.3, 0.4) is 0 Å². The summed E-state index contributed by atoms with van der Waals surface area (Å²) in [5.41, 5.74) is 1.42. The fraction of sp³-hybridized carbons (Fsp3) is 0.462. The van der Waals surface area contributed by atoms with Crippen LogP contribution in [0.15, 0.2) is 53.4 Å². The Kier molecular flexibility index (Phi) is 7.76. The van der Waals surface area contributed by atoms with E-state index in [4.69, 9.17) is 4.74 Å². The molecule has 2 aromatic rings. The van der Waals surface area contributed by atoms with E-state index in [0.717, 1.165) is 24.8 Å². The van der Waals surface area contributed by atoms with Gasteiger partial charge in [0.1, 0.15) is 12.3 Å². The number of ether oxygens (including phenoxy) is 1. The summed E-state index contributed by atoms with van der Waals surface area (Å²) < 4.78 is 33.5. The molecule has 2 amide bonds. The topological polar surface area (TPSA) is 96.0 Å². The Hall–Kier alpha value is -2.91. The molecule has 0 spiro atoms. The van der Waals surface area contributed by atoms with E-state index in [-0.39, 0.29) is 35.9 Å². The van der Waals surface area contributed by atoms with E-state index >= 15 is 0 Å². The van der Waals surface area contributed by atoms with Crippen LogP contribution in [0.4, 0.5) is 5.69 Å². The van der Waals surface area contributed by atoms with Crippen LogP contribution >= 0.6 is 0 Å². The van der Waals surface area contributed by atoms with Gasteiger partial charge in [-0.1, -0.05) is 44.2 Å². The van der Waals surface area contributed by atoms with E-state index < -0.39 is 10.0 Å². The molecule has 0 bridgehead atoms. The highest BCUT2D eigenvalue weighted by Gasteiger charge is 2.32. The average molecular weight is 500 g/mol. The third-order valence-electron chi connectivity index (χ3n) is 6.74. The quantitative estimate of drug-likeness (QED) is 0.603. The molecule has 1 saturated heterocycles. The lowest BCUT2D eigenvalue weighted by Gasteiger charge is -2.32. The van der Waals surface area contributed by atoms with Gasteiger partial charge in [-0.3, -0.25) is 14.5 Å². The summed E-state index contributed by atoms with van der Waals surface area (Å²) in [5, 5.41) is 3.01. The minimum atomic E-state index is -3.71. The molecule has 188 valence electrons. The van der Waals surface area contributed by atoms with Crippen molar-refractivity contribution in [3.63, 3.8) is 0 Å². The Balaban J connectivity index is 1.50. The minimum absolute atomic E-state index is 0.0753. The number of piperidine rings is 1. The zero-order valence-corrected chi connectivity index (χ0v) is 21.1. The van der Waals surface area contributed by atoms with Gasteiger partial charge in [0.05, 0.1) is 10.6 Å². The van der Waals surface area contributed by atoms with Gasteiger partial charge in [0.15, 0.2) is 6.61 Å². The minimum Gasteiger partial charge on any atom is -0.482 e. The van der Waals surface area contributed by atoms with Crippen molar-refractivity contribution in [2.75, 3.05) is 31.1 Å². The number of carbonyl (C=O) groups excluding carboxylic acids is 2. The number of sulfonamides is 1. The molecule has 8 nitrogen and oxygen atoms in total. The zero-order valence-electron chi connectivity index (χ0n) is 20.3. The SMILES string of the molecule is CCC(Cc1ccccc1)NC(=O)CN1C(=O)COc2ccc(S(=O)(=O)N3CCC(C)CC3)cc21. The molecule has 2 heterocycles. The van der Waals surface area contributed by atoms with Crippen LogP contribution in [0.1, 0.15) is 38.7 Å². The predicted octanol–water partition coefficient (Wildman–Crippen LogP) is 2.97. The number of hydrogen-bond acceptors (Lipinski definition) is 5. The van der Waals surface area contributed by atoms with Gasteiger partial charge in [0.25, 0.3) is 5.91 Å². The zero-order chi connectivity index (χ0) is 25.0. The van der Waals surface area contributed by atoms with Gasteiger partial charge in [-0.15, -0.1) is 0 Å². The van der Waals surface area contributed by atoms with Crippen LogP contribution in [-0.4, -0.2) is 56.8 Å². The maximum Gasteiger partial charge on any atom is 0.265 e.